The molecule has 3 heterocycles. The first-order valence-corrected chi connectivity index (χ1v) is 10.1. The lowest BCUT2D eigenvalue weighted by atomic mass is 9.74. The van der Waals surface area contributed by atoms with Crippen molar-refractivity contribution >= 4 is 11.9 Å². The summed E-state index contributed by atoms with van der Waals surface area (Å²) in [5, 5.41) is 11.8. The van der Waals surface area contributed by atoms with Gasteiger partial charge in [-0.1, -0.05) is 23.8 Å². The summed E-state index contributed by atoms with van der Waals surface area (Å²) in [4.78, 5) is 26.9. The van der Waals surface area contributed by atoms with E-state index in [1.165, 1.54) is 0 Å². The Bertz CT molecular complexity index is 924. The van der Waals surface area contributed by atoms with Crippen LogP contribution >= 0.6 is 0 Å². The summed E-state index contributed by atoms with van der Waals surface area (Å²) in [7, 11) is 3.16. The Morgan fingerprint density at radius 2 is 2.03 bits per heavy atom. The summed E-state index contributed by atoms with van der Waals surface area (Å²) in [6.45, 7) is 6.35. The zero-order valence-electron chi connectivity index (χ0n) is 17.4. The van der Waals surface area contributed by atoms with Gasteiger partial charge in [-0.2, -0.15) is 0 Å². The number of carbonyl (C=O) groups excluding carboxylic acids is 2. The van der Waals surface area contributed by atoms with E-state index in [1.54, 1.807) is 25.2 Å². The summed E-state index contributed by atoms with van der Waals surface area (Å²) in [6.07, 6.45) is 4.16. The van der Waals surface area contributed by atoms with E-state index in [0.717, 1.165) is 11.1 Å². The number of aliphatic carboxylic acids is 1. The summed E-state index contributed by atoms with van der Waals surface area (Å²) in [5.74, 6) is -1.88. The standard InChI is InChI=1S/C23H27NO6/c1-13(2)11-18-23-9-7-16(30-23)19(22(26)27)20(23)21(25)24(18)10-8-14-5-6-15(28-3)17(12-14)29-4/h5-7,9,12,16,18-20H,1,8,10-11H2,2-4H3,(H,26,27)/p-1/t16-,18+,19+,20-,23+/m0/s1. The Hall–Kier alpha value is -2.80. The number of carbonyl (C=O) groups is 2. The number of amides is 1. The maximum Gasteiger partial charge on any atom is 0.230 e. The number of methoxy groups -OCH3 is 2. The first-order chi connectivity index (χ1) is 14.3. The molecule has 2 bridgehead atoms. The van der Waals surface area contributed by atoms with Crippen molar-refractivity contribution < 1.29 is 28.9 Å². The Balaban J connectivity index is 1.61. The third-order valence-electron chi connectivity index (χ3n) is 6.44. The normalized spacial score (nSPS) is 31.2. The van der Waals surface area contributed by atoms with Crippen LogP contribution < -0.4 is 14.6 Å². The maximum atomic E-state index is 13.4. The smallest absolute Gasteiger partial charge is 0.230 e. The molecule has 30 heavy (non-hydrogen) atoms. The van der Waals surface area contributed by atoms with E-state index in [-0.39, 0.29) is 11.9 Å². The fraction of sp³-hybridized carbons (Fsp3) is 0.478. The van der Waals surface area contributed by atoms with Gasteiger partial charge in [0.25, 0.3) is 0 Å². The Morgan fingerprint density at radius 1 is 1.30 bits per heavy atom. The molecule has 3 aliphatic heterocycles. The average Bonchev–Trinajstić information content (AvgIpc) is 3.35. The van der Waals surface area contributed by atoms with Gasteiger partial charge in [0.2, 0.25) is 5.91 Å². The molecule has 160 valence electrons. The molecule has 5 atom stereocenters. The molecular formula is C23H26NO6-. The Labute approximate surface area is 175 Å². The molecule has 0 unspecified atom stereocenters. The molecule has 7 heteroatoms. The van der Waals surface area contributed by atoms with Crippen LogP contribution in [0.4, 0.5) is 0 Å². The minimum Gasteiger partial charge on any atom is -0.550 e. The molecule has 0 aliphatic carbocycles. The van der Waals surface area contributed by atoms with Crippen molar-refractivity contribution in [1.82, 2.24) is 4.90 Å². The predicted molar refractivity (Wildman–Crippen MR) is 107 cm³/mol. The molecule has 7 nitrogen and oxygen atoms in total. The number of benzene rings is 1. The number of carboxylic acid groups (broad SMARTS) is 1. The van der Waals surface area contributed by atoms with Crippen molar-refractivity contribution in [2.24, 2.45) is 11.8 Å². The predicted octanol–water partition coefficient (Wildman–Crippen LogP) is 1.11. The number of rotatable bonds is 8. The molecule has 4 rings (SSSR count). The highest BCUT2D eigenvalue weighted by molar-refractivity contribution is 5.91. The van der Waals surface area contributed by atoms with Crippen LogP contribution in [0.2, 0.25) is 0 Å². The van der Waals surface area contributed by atoms with Gasteiger partial charge in [0, 0.05) is 18.4 Å². The van der Waals surface area contributed by atoms with E-state index in [0.29, 0.717) is 30.9 Å². The number of nitrogens with zero attached hydrogens (tertiary/aromatic N) is 1. The van der Waals surface area contributed by atoms with Crippen molar-refractivity contribution in [1.29, 1.82) is 0 Å². The van der Waals surface area contributed by atoms with Gasteiger partial charge in [-0.15, -0.1) is 6.58 Å². The quantitative estimate of drug-likeness (QED) is 0.595. The molecular weight excluding hydrogens is 386 g/mol. The minimum absolute atomic E-state index is 0.192. The second-order valence-electron chi connectivity index (χ2n) is 8.27. The maximum absolute atomic E-state index is 13.4. The highest BCUT2D eigenvalue weighted by atomic mass is 16.5. The van der Waals surface area contributed by atoms with Crippen molar-refractivity contribution in [2.45, 2.75) is 37.5 Å². The van der Waals surface area contributed by atoms with Crippen LogP contribution in [0.25, 0.3) is 0 Å². The first kappa shape index (κ1) is 20.5. The fourth-order valence-corrected chi connectivity index (χ4v) is 5.14. The lowest BCUT2D eigenvalue weighted by Gasteiger charge is -2.33. The van der Waals surface area contributed by atoms with E-state index < -0.39 is 29.5 Å². The highest BCUT2D eigenvalue weighted by Crippen LogP contribution is 2.55. The molecule has 2 fully saturated rings. The molecule has 1 amide bonds. The summed E-state index contributed by atoms with van der Waals surface area (Å²) in [6, 6.07) is 5.36. The SMILES string of the molecule is C=C(C)C[C@H]1N(CCc2ccc(OC)c(OC)c2)C(=O)[C@@H]2[C@H](C(=O)[O-])[C@@H]3C=C[C@]21O3. The summed E-state index contributed by atoms with van der Waals surface area (Å²) < 4.78 is 16.8. The number of carboxylic acids is 1. The van der Waals surface area contributed by atoms with Crippen LogP contribution in [0.5, 0.6) is 11.5 Å². The van der Waals surface area contributed by atoms with Crippen LogP contribution in [-0.2, 0) is 20.7 Å². The second-order valence-corrected chi connectivity index (χ2v) is 8.27. The van der Waals surface area contributed by atoms with Gasteiger partial charge in [0.15, 0.2) is 11.5 Å². The van der Waals surface area contributed by atoms with Crippen LogP contribution in [0.3, 0.4) is 0 Å². The van der Waals surface area contributed by atoms with Gasteiger partial charge >= 0.3 is 0 Å². The number of ether oxygens (including phenoxy) is 3. The van der Waals surface area contributed by atoms with E-state index in [1.807, 2.05) is 31.2 Å². The molecule has 1 aromatic carbocycles. The molecule has 1 aromatic rings. The molecule has 2 saturated heterocycles. The number of hydrogen-bond acceptors (Lipinski definition) is 6. The molecule has 0 N–H and O–H groups in total. The zero-order valence-corrected chi connectivity index (χ0v) is 17.4. The van der Waals surface area contributed by atoms with E-state index >= 15 is 0 Å². The number of fused-ring (bicyclic) bond motifs is 1. The molecule has 3 aliphatic rings. The summed E-state index contributed by atoms with van der Waals surface area (Å²) >= 11 is 0. The number of likely N-dealkylation sites (tertiary alicyclic amines) is 1. The zero-order chi connectivity index (χ0) is 21.6. The lowest BCUT2D eigenvalue weighted by Crippen LogP contribution is -2.46. The van der Waals surface area contributed by atoms with Gasteiger partial charge in [0.05, 0.1) is 32.3 Å². The van der Waals surface area contributed by atoms with Crippen molar-refractivity contribution in [3.63, 3.8) is 0 Å². The van der Waals surface area contributed by atoms with Crippen LogP contribution in [0, 0.1) is 11.8 Å². The van der Waals surface area contributed by atoms with Gasteiger partial charge < -0.3 is 29.0 Å². The topological polar surface area (TPSA) is 88.1 Å². The van der Waals surface area contributed by atoms with E-state index in [2.05, 4.69) is 6.58 Å². The van der Waals surface area contributed by atoms with E-state index in [9.17, 15) is 14.7 Å². The molecule has 0 saturated carbocycles. The second kappa shape index (κ2) is 7.47. The highest BCUT2D eigenvalue weighted by Gasteiger charge is 2.69. The molecule has 0 radical (unpaired) electrons. The Kier molecular flexibility index (Phi) is 5.10. The first-order valence-electron chi connectivity index (χ1n) is 10.1. The largest absolute Gasteiger partial charge is 0.550 e. The van der Waals surface area contributed by atoms with E-state index in [4.69, 9.17) is 14.2 Å². The van der Waals surface area contributed by atoms with Gasteiger partial charge in [-0.3, -0.25) is 4.79 Å². The van der Waals surface area contributed by atoms with Gasteiger partial charge in [0.1, 0.15) is 5.60 Å². The van der Waals surface area contributed by atoms with Gasteiger partial charge in [-0.25, -0.2) is 0 Å². The van der Waals surface area contributed by atoms with Gasteiger partial charge in [-0.05, 0) is 37.5 Å². The lowest BCUT2D eigenvalue weighted by molar-refractivity contribution is -0.313. The molecule has 1 spiro atoms. The summed E-state index contributed by atoms with van der Waals surface area (Å²) in [5.41, 5.74) is 0.973. The minimum atomic E-state index is -1.24. The monoisotopic (exact) mass is 412 g/mol. The van der Waals surface area contributed by atoms with Crippen LogP contribution in [0.1, 0.15) is 18.9 Å². The number of hydrogen-bond donors (Lipinski definition) is 0. The molecule has 0 aromatic heterocycles. The van der Waals surface area contributed by atoms with Crippen molar-refractivity contribution in [3.8, 4) is 11.5 Å². The Morgan fingerprint density at radius 3 is 2.67 bits per heavy atom. The third kappa shape index (κ3) is 2.99. The fourth-order valence-electron chi connectivity index (χ4n) is 5.14. The van der Waals surface area contributed by atoms with Crippen LogP contribution in [-0.4, -0.2) is 55.3 Å². The average molecular weight is 412 g/mol. The van der Waals surface area contributed by atoms with Crippen molar-refractivity contribution in [3.05, 3.63) is 48.1 Å². The van der Waals surface area contributed by atoms with Crippen LogP contribution in [0.15, 0.2) is 42.5 Å². The van der Waals surface area contributed by atoms with Crippen molar-refractivity contribution in [2.75, 3.05) is 20.8 Å². The third-order valence-corrected chi connectivity index (χ3v) is 6.44.